The number of rotatable bonds is 1. The summed E-state index contributed by atoms with van der Waals surface area (Å²) in [6.45, 7) is 4.66. The summed E-state index contributed by atoms with van der Waals surface area (Å²) >= 11 is 0. The number of benzene rings is 1. The highest BCUT2D eigenvalue weighted by atomic mass is 28.3. The maximum Gasteiger partial charge on any atom is 0.0791 e. The van der Waals surface area contributed by atoms with Crippen LogP contribution in [0.2, 0.25) is 13.1 Å². The minimum atomic E-state index is -0.251. The Bertz CT molecular complexity index is 311. The van der Waals surface area contributed by atoms with Crippen molar-refractivity contribution >= 4 is 26.1 Å². The van der Waals surface area contributed by atoms with Crippen molar-refractivity contribution in [2.75, 3.05) is 0 Å². The monoisotopic (exact) mass is 159 g/mol. The molecule has 0 saturated carbocycles. The summed E-state index contributed by atoms with van der Waals surface area (Å²) in [6, 6.07) is 6.81. The van der Waals surface area contributed by atoms with Crippen LogP contribution in [0.25, 0.3) is 12.2 Å². The maximum absolute atomic E-state index is 2.33. The highest BCUT2D eigenvalue weighted by Crippen LogP contribution is 2.21. The van der Waals surface area contributed by atoms with E-state index in [1.165, 1.54) is 16.3 Å². The van der Waals surface area contributed by atoms with Crippen molar-refractivity contribution in [1.29, 1.82) is 0 Å². The molecular weight excluding hydrogens is 148 g/mol. The van der Waals surface area contributed by atoms with Gasteiger partial charge in [0.25, 0.3) is 0 Å². The third kappa shape index (κ3) is 1.05. The van der Waals surface area contributed by atoms with E-state index in [1.807, 2.05) is 0 Å². The molecule has 0 saturated heterocycles. The second kappa shape index (κ2) is 2.34. The van der Waals surface area contributed by atoms with E-state index in [-0.39, 0.29) is 8.80 Å². The van der Waals surface area contributed by atoms with Crippen LogP contribution in [0.15, 0.2) is 18.2 Å². The first-order valence-corrected chi connectivity index (χ1v) is 6.40. The number of fused-ring (bicyclic) bond motifs is 1. The lowest BCUT2D eigenvalue weighted by Gasteiger charge is -2.12. The van der Waals surface area contributed by atoms with Gasteiger partial charge in [-0.25, -0.2) is 0 Å². The Morgan fingerprint density at radius 3 is 2.18 bits per heavy atom. The smallest absolute Gasteiger partial charge is 0.0671 e. The minimum Gasteiger partial charge on any atom is -0.0671 e. The molecule has 0 fully saturated rings. The van der Waals surface area contributed by atoms with Crippen molar-refractivity contribution in [1.82, 2.24) is 0 Å². The summed E-state index contributed by atoms with van der Waals surface area (Å²) in [7, 11) is -0.251. The topological polar surface area (TPSA) is 0 Å². The molecule has 11 heavy (non-hydrogen) atoms. The molecule has 1 aliphatic carbocycles. The summed E-state index contributed by atoms with van der Waals surface area (Å²) in [5, 5.41) is 1.54. The van der Waals surface area contributed by atoms with Gasteiger partial charge in [0.1, 0.15) is 0 Å². The van der Waals surface area contributed by atoms with Gasteiger partial charge in [-0.2, -0.15) is 0 Å². The van der Waals surface area contributed by atoms with E-state index in [9.17, 15) is 0 Å². The lowest BCUT2D eigenvalue weighted by atomic mass is 9.98. The molecule has 0 unspecified atom stereocenters. The molecule has 55 valence electrons. The molecule has 1 aromatic rings. The van der Waals surface area contributed by atoms with Gasteiger partial charge in [0.2, 0.25) is 0 Å². The highest BCUT2D eigenvalue weighted by Gasteiger charge is 2.07. The highest BCUT2D eigenvalue weighted by molar-refractivity contribution is 6.70. The average Bonchev–Trinajstić information content (AvgIpc) is 1.91. The molecule has 0 amide bonds. The zero-order chi connectivity index (χ0) is 7.84. The predicted molar refractivity (Wildman–Crippen MR) is 52.5 cm³/mol. The van der Waals surface area contributed by atoms with Gasteiger partial charge in [0.05, 0.1) is 8.80 Å². The molecule has 0 heterocycles. The maximum atomic E-state index is 2.33. The van der Waals surface area contributed by atoms with Crippen LogP contribution < -0.4 is 5.19 Å². The molecular formula is C10H11Si. The van der Waals surface area contributed by atoms with E-state index >= 15 is 0 Å². The van der Waals surface area contributed by atoms with Gasteiger partial charge in [0, 0.05) is 0 Å². The minimum absolute atomic E-state index is 0.251. The first-order chi connectivity index (χ1) is 5.27. The van der Waals surface area contributed by atoms with Gasteiger partial charge in [-0.05, 0) is 11.1 Å². The van der Waals surface area contributed by atoms with Crippen molar-refractivity contribution in [3.63, 3.8) is 0 Å². The van der Waals surface area contributed by atoms with Gasteiger partial charge in [-0.3, -0.25) is 0 Å². The van der Waals surface area contributed by atoms with Crippen LogP contribution in [0.3, 0.4) is 0 Å². The zero-order valence-electron chi connectivity index (χ0n) is 6.89. The Balaban J connectivity index is 2.42. The molecule has 2 rings (SSSR count). The van der Waals surface area contributed by atoms with E-state index in [0.717, 1.165) is 0 Å². The molecule has 1 aliphatic rings. The summed E-state index contributed by atoms with van der Waals surface area (Å²) in [6.07, 6.45) is 4.35. The Labute approximate surface area is 69.2 Å². The summed E-state index contributed by atoms with van der Waals surface area (Å²) in [5.74, 6) is 0. The predicted octanol–water partition coefficient (Wildman–Crippen LogP) is 2.13. The summed E-state index contributed by atoms with van der Waals surface area (Å²) in [5.41, 5.74) is 2.82. The Morgan fingerprint density at radius 1 is 1.00 bits per heavy atom. The lowest BCUT2D eigenvalue weighted by Crippen LogP contribution is -2.23. The standard InChI is InChI=1S/C10H11Si/c1-11(2)10-6-5-8-3-4-9(8)7-10/h3-7H,1-2H3. The number of hydrogen-bond acceptors (Lipinski definition) is 0. The van der Waals surface area contributed by atoms with Crippen molar-refractivity contribution in [2.45, 2.75) is 13.1 Å². The molecule has 0 bridgehead atoms. The van der Waals surface area contributed by atoms with Gasteiger partial charge in [-0.1, -0.05) is 48.6 Å². The number of hydrogen-bond donors (Lipinski definition) is 0. The van der Waals surface area contributed by atoms with Crippen LogP contribution in [0.5, 0.6) is 0 Å². The van der Waals surface area contributed by atoms with Crippen molar-refractivity contribution < 1.29 is 0 Å². The Hall–Kier alpha value is -0.823. The molecule has 0 spiro atoms. The van der Waals surface area contributed by atoms with E-state index in [1.54, 1.807) is 0 Å². The molecule has 0 aromatic heterocycles. The van der Waals surface area contributed by atoms with Gasteiger partial charge in [-0.15, -0.1) is 0 Å². The van der Waals surface area contributed by atoms with Crippen molar-refractivity contribution in [3.05, 3.63) is 29.3 Å². The van der Waals surface area contributed by atoms with E-state index in [4.69, 9.17) is 0 Å². The molecule has 0 N–H and O–H groups in total. The van der Waals surface area contributed by atoms with Crippen LogP contribution in [0.1, 0.15) is 11.1 Å². The molecule has 1 radical (unpaired) electrons. The Kier molecular flexibility index (Phi) is 1.46. The third-order valence-electron chi connectivity index (χ3n) is 2.11. The first-order valence-electron chi connectivity index (χ1n) is 3.90. The van der Waals surface area contributed by atoms with E-state index in [0.29, 0.717) is 0 Å². The van der Waals surface area contributed by atoms with Crippen molar-refractivity contribution in [3.8, 4) is 0 Å². The van der Waals surface area contributed by atoms with Crippen LogP contribution in [0, 0.1) is 0 Å². The largest absolute Gasteiger partial charge is 0.0791 e. The fraction of sp³-hybridized carbons (Fsp3) is 0.200. The van der Waals surface area contributed by atoms with E-state index in [2.05, 4.69) is 43.4 Å². The summed E-state index contributed by atoms with van der Waals surface area (Å²) < 4.78 is 0. The molecule has 0 nitrogen and oxygen atoms in total. The van der Waals surface area contributed by atoms with Crippen LogP contribution in [-0.2, 0) is 0 Å². The quantitative estimate of drug-likeness (QED) is 0.559. The molecule has 1 aromatic carbocycles. The van der Waals surface area contributed by atoms with Crippen LogP contribution in [0.4, 0.5) is 0 Å². The molecule has 0 aliphatic heterocycles. The molecule has 1 heteroatoms. The van der Waals surface area contributed by atoms with Crippen LogP contribution in [-0.4, -0.2) is 8.80 Å². The van der Waals surface area contributed by atoms with Gasteiger partial charge in [0.15, 0.2) is 0 Å². The fourth-order valence-corrected chi connectivity index (χ4v) is 2.13. The zero-order valence-corrected chi connectivity index (χ0v) is 7.89. The van der Waals surface area contributed by atoms with E-state index < -0.39 is 0 Å². The second-order valence-corrected chi connectivity index (χ2v) is 5.75. The third-order valence-corrected chi connectivity index (χ3v) is 3.57. The van der Waals surface area contributed by atoms with Gasteiger partial charge >= 0.3 is 0 Å². The van der Waals surface area contributed by atoms with Crippen LogP contribution >= 0.6 is 0 Å². The normalized spacial score (nSPS) is 13.0. The Morgan fingerprint density at radius 2 is 1.73 bits per heavy atom. The SMILES string of the molecule is C[Si](C)c1ccc2c(c1)C=C2. The summed E-state index contributed by atoms with van der Waals surface area (Å²) in [4.78, 5) is 0. The average molecular weight is 159 g/mol. The molecule has 0 atom stereocenters. The lowest BCUT2D eigenvalue weighted by molar-refractivity contribution is 1.60. The van der Waals surface area contributed by atoms with Crippen molar-refractivity contribution in [2.24, 2.45) is 0 Å². The van der Waals surface area contributed by atoms with Gasteiger partial charge < -0.3 is 0 Å². The fourth-order valence-electron chi connectivity index (χ4n) is 1.27. The first kappa shape index (κ1) is 6.86. The second-order valence-electron chi connectivity index (χ2n) is 3.18.